The van der Waals surface area contributed by atoms with Crippen LogP contribution < -0.4 is 16.1 Å². The number of hydroxylamine groups is 1. The molecule has 0 bridgehead atoms. The number of carbonyl (C=O) groups is 1. The Balaban J connectivity index is 1.10. The molecule has 0 spiro atoms. The lowest BCUT2D eigenvalue weighted by atomic mass is 10.0. The quantitative estimate of drug-likeness (QED) is 0.0850. The number of benzene rings is 2. The third-order valence-electron chi connectivity index (χ3n) is 7.98. The maximum absolute atomic E-state index is 11.1. The summed E-state index contributed by atoms with van der Waals surface area (Å²) < 4.78 is 0. The van der Waals surface area contributed by atoms with Crippen LogP contribution in [-0.2, 0) is 11.3 Å². The average Bonchev–Trinajstić information content (AvgIpc) is 3.46. The van der Waals surface area contributed by atoms with E-state index >= 15 is 0 Å². The lowest BCUT2D eigenvalue weighted by Crippen LogP contribution is -2.42. The second kappa shape index (κ2) is 14.2. The van der Waals surface area contributed by atoms with Crippen molar-refractivity contribution < 1.29 is 10.0 Å². The first kappa shape index (κ1) is 28.7. The highest BCUT2D eigenvalue weighted by Gasteiger charge is 2.19. The molecule has 1 saturated heterocycles. The first-order valence-electron chi connectivity index (χ1n) is 14.7. The number of anilines is 1. The number of aromatic nitrogens is 3. The van der Waals surface area contributed by atoms with Gasteiger partial charge in [0.2, 0.25) is 5.91 Å². The number of hydrogen-bond donors (Lipinski definition) is 5. The van der Waals surface area contributed by atoms with Crippen LogP contribution in [0.25, 0.3) is 22.3 Å². The Morgan fingerprint density at radius 2 is 1.83 bits per heavy atom. The van der Waals surface area contributed by atoms with E-state index in [-0.39, 0.29) is 11.9 Å². The van der Waals surface area contributed by atoms with E-state index in [1.807, 2.05) is 6.07 Å². The number of unbranched alkanes of at least 4 members (excludes halogenated alkanes) is 2. The molecule has 0 aliphatic carbocycles. The number of nitrogens with zero attached hydrogens (tertiary/aromatic N) is 3. The molecule has 1 atom stereocenters. The van der Waals surface area contributed by atoms with Gasteiger partial charge in [-0.15, -0.1) is 0 Å². The van der Waals surface area contributed by atoms with E-state index in [0.717, 1.165) is 86.4 Å². The van der Waals surface area contributed by atoms with Crippen molar-refractivity contribution in [2.75, 3.05) is 25.0 Å². The van der Waals surface area contributed by atoms with Crippen molar-refractivity contribution in [3.05, 3.63) is 78.1 Å². The Labute approximate surface area is 241 Å². The maximum Gasteiger partial charge on any atom is 0.243 e. The number of fused-ring (bicyclic) bond motifs is 1. The van der Waals surface area contributed by atoms with Crippen LogP contribution in [0.15, 0.2) is 67.0 Å². The number of carbonyl (C=O) groups excluding carboxylic acids is 1. The third-order valence-corrected chi connectivity index (χ3v) is 7.98. The Morgan fingerprint density at radius 3 is 2.59 bits per heavy atom. The molecule has 1 fully saturated rings. The summed E-state index contributed by atoms with van der Waals surface area (Å²) in [4.78, 5) is 26.1. The monoisotopic (exact) mass is 555 g/mol. The molecule has 5 rings (SSSR count). The average molecular weight is 556 g/mol. The molecule has 216 valence electrons. The van der Waals surface area contributed by atoms with Crippen LogP contribution in [0.1, 0.15) is 62.6 Å². The molecule has 1 unspecified atom stereocenters. The van der Waals surface area contributed by atoms with E-state index in [2.05, 4.69) is 92.0 Å². The maximum atomic E-state index is 11.1. The van der Waals surface area contributed by atoms with E-state index in [9.17, 15) is 4.79 Å². The highest BCUT2D eigenvalue weighted by Crippen LogP contribution is 2.29. The number of aromatic amines is 1. The van der Waals surface area contributed by atoms with Gasteiger partial charge < -0.3 is 15.6 Å². The molecule has 2 aromatic heterocycles. The molecule has 0 radical (unpaired) electrons. The zero-order chi connectivity index (χ0) is 28.4. The van der Waals surface area contributed by atoms with E-state index in [4.69, 9.17) is 5.21 Å². The molecular formula is C32H41N7O2. The molecule has 4 aromatic rings. The number of nitrogens with one attached hydrogen (secondary N) is 4. The molecule has 1 amide bonds. The number of rotatable bonds is 13. The summed E-state index contributed by atoms with van der Waals surface area (Å²) in [6.45, 7) is 6.27. The molecular weight excluding hydrogens is 514 g/mol. The van der Waals surface area contributed by atoms with Crippen molar-refractivity contribution >= 4 is 22.8 Å². The van der Waals surface area contributed by atoms with Gasteiger partial charge in [0.05, 0.1) is 5.39 Å². The summed E-state index contributed by atoms with van der Waals surface area (Å²) in [6, 6.07) is 22.0. The predicted molar refractivity (Wildman–Crippen MR) is 163 cm³/mol. The van der Waals surface area contributed by atoms with Crippen molar-refractivity contribution in [1.29, 1.82) is 0 Å². The van der Waals surface area contributed by atoms with Crippen LogP contribution in [0.5, 0.6) is 0 Å². The lowest BCUT2D eigenvalue weighted by Gasteiger charge is -2.32. The van der Waals surface area contributed by atoms with Crippen molar-refractivity contribution in [3.63, 3.8) is 0 Å². The first-order valence-corrected chi connectivity index (χ1v) is 14.7. The SMILES string of the molecule is CC(Nc1ncnc2[nH]c(-c3ccc(CN4CCC(NCCCCCC(=O)NO)CC4)cc3)cc12)c1ccccc1. The number of H-pyrrole nitrogens is 1. The standard InChI is InChI=1S/C32H41N7O2/c1-23(25-8-4-2-5-9-25)36-31-28-20-29(37-32(28)35-22-34-31)26-13-11-24(12-14-26)21-39-18-15-27(16-19-39)33-17-7-3-6-10-30(40)38-41/h2,4-5,8-9,11-14,20,22-23,27,33,41H,3,6-7,10,15-19,21H2,1H3,(H,38,40)(H2,34,35,36,37). The van der Waals surface area contributed by atoms with Crippen LogP contribution >= 0.6 is 0 Å². The van der Waals surface area contributed by atoms with Gasteiger partial charge in [0, 0.05) is 30.7 Å². The van der Waals surface area contributed by atoms with Gasteiger partial charge in [-0.25, -0.2) is 15.4 Å². The van der Waals surface area contributed by atoms with Gasteiger partial charge in [0.25, 0.3) is 0 Å². The topological polar surface area (TPSA) is 118 Å². The normalized spacial score (nSPS) is 15.2. The van der Waals surface area contributed by atoms with Gasteiger partial charge in [-0.2, -0.15) is 0 Å². The fourth-order valence-corrected chi connectivity index (χ4v) is 5.53. The smallest absolute Gasteiger partial charge is 0.243 e. The number of likely N-dealkylation sites (tertiary alicyclic amines) is 1. The minimum Gasteiger partial charge on any atom is -0.363 e. The Kier molecular flexibility index (Phi) is 9.96. The fourth-order valence-electron chi connectivity index (χ4n) is 5.53. The predicted octanol–water partition coefficient (Wildman–Crippen LogP) is 5.42. The number of amides is 1. The Bertz CT molecular complexity index is 1380. The highest BCUT2D eigenvalue weighted by molar-refractivity contribution is 5.91. The summed E-state index contributed by atoms with van der Waals surface area (Å²) in [5, 5.41) is 16.7. The minimum atomic E-state index is -0.302. The number of hydrogen-bond acceptors (Lipinski definition) is 7. The molecule has 2 aromatic carbocycles. The van der Waals surface area contributed by atoms with E-state index < -0.39 is 0 Å². The van der Waals surface area contributed by atoms with Crippen molar-refractivity contribution in [1.82, 2.24) is 30.6 Å². The molecule has 5 N–H and O–H groups in total. The fraction of sp³-hybridized carbons (Fsp3) is 0.406. The molecule has 41 heavy (non-hydrogen) atoms. The Hall–Kier alpha value is -3.79. The number of piperidine rings is 1. The molecule has 1 aliphatic rings. The molecule has 0 saturated carbocycles. The van der Waals surface area contributed by atoms with Crippen molar-refractivity contribution in [2.24, 2.45) is 0 Å². The second-order valence-electron chi connectivity index (χ2n) is 11.0. The minimum absolute atomic E-state index is 0.131. The van der Waals surface area contributed by atoms with Crippen molar-refractivity contribution in [3.8, 4) is 11.3 Å². The summed E-state index contributed by atoms with van der Waals surface area (Å²) in [5.74, 6) is 0.527. The van der Waals surface area contributed by atoms with Crippen LogP contribution in [-0.4, -0.2) is 56.6 Å². The van der Waals surface area contributed by atoms with Gasteiger partial charge in [0.1, 0.15) is 17.8 Å². The van der Waals surface area contributed by atoms with Crippen LogP contribution in [0.3, 0.4) is 0 Å². The van der Waals surface area contributed by atoms with E-state index in [1.165, 1.54) is 11.1 Å². The van der Waals surface area contributed by atoms with Crippen LogP contribution in [0.2, 0.25) is 0 Å². The lowest BCUT2D eigenvalue weighted by molar-refractivity contribution is -0.129. The van der Waals surface area contributed by atoms with Gasteiger partial charge in [-0.1, -0.05) is 61.0 Å². The van der Waals surface area contributed by atoms with Crippen LogP contribution in [0, 0.1) is 0 Å². The van der Waals surface area contributed by atoms with Crippen LogP contribution in [0.4, 0.5) is 5.82 Å². The molecule has 9 heteroatoms. The summed E-state index contributed by atoms with van der Waals surface area (Å²) in [6.07, 6.45) is 7.16. The Morgan fingerprint density at radius 1 is 1.05 bits per heavy atom. The zero-order valence-electron chi connectivity index (χ0n) is 23.8. The highest BCUT2D eigenvalue weighted by atomic mass is 16.5. The summed E-state index contributed by atoms with van der Waals surface area (Å²) in [5.41, 5.74) is 7.22. The van der Waals surface area contributed by atoms with Gasteiger partial charge in [-0.3, -0.25) is 14.9 Å². The summed E-state index contributed by atoms with van der Waals surface area (Å²) >= 11 is 0. The molecule has 1 aliphatic heterocycles. The largest absolute Gasteiger partial charge is 0.363 e. The van der Waals surface area contributed by atoms with Gasteiger partial charge in [-0.05, 0) is 75.0 Å². The van der Waals surface area contributed by atoms with E-state index in [0.29, 0.717) is 12.5 Å². The summed E-state index contributed by atoms with van der Waals surface area (Å²) in [7, 11) is 0. The van der Waals surface area contributed by atoms with Gasteiger partial charge >= 0.3 is 0 Å². The van der Waals surface area contributed by atoms with E-state index in [1.54, 1.807) is 11.8 Å². The second-order valence-corrected chi connectivity index (χ2v) is 11.0. The first-order chi connectivity index (χ1) is 20.1. The van der Waals surface area contributed by atoms with Gasteiger partial charge in [0.15, 0.2) is 0 Å². The molecule has 9 nitrogen and oxygen atoms in total. The van der Waals surface area contributed by atoms with Crippen molar-refractivity contribution in [2.45, 2.75) is 64.1 Å². The molecule has 3 heterocycles. The third kappa shape index (κ3) is 7.91. The zero-order valence-corrected chi connectivity index (χ0v) is 23.8.